The molecule has 0 fully saturated rings. The summed E-state index contributed by atoms with van der Waals surface area (Å²) >= 11 is 0. The number of anilines is 1. The van der Waals surface area contributed by atoms with Crippen molar-refractivity contribution < 1.29 is 14.3 Å². The molecule has 0 saturated heterocycles. The van der Waals surface area contributed by atoms with Crippen LogP contribution >= 0.6 is 0 Å². The van der Waals surface area contributed by atoms with Gasteiger partial charge in [0, 0.05) is 18.8 Å². The fraction of sp³-hybridized carbons (Fsp3) is 0.650. The van der Waals surface area contributed by atoms with Gasteiger partial charge in [-0.15, -0.1) is 0 Å². The summed E-state index contributed by atoms with van der Waals surface area (Å²) in [4.78, 5) is 14.6. The van der Waals surface area contributed by atoms with E-state index in [0.29, 0.717) is 19.8 Å². The molecule has 0 aromatic heterocycles. The van der Waals surface area contributed by atoms with Crippen LogP contribution in [-0.2, 0) is 9.47 Å². The van der Waals surface area contributed by atoms with Gasteiger partial charge >= 0.3 is 6.09 Å². The monoisotopic (exact) mass is 350 g/mol. The zero-order chi connectivity index (χ0) is 18.7. The molecule has 0 saturated carbocycles. The third-order valence-corrected chi connectivity index (χ3v) is 4.28. The highest BCUT2D eigenvalue weighted by molar-refractivity contribution is 5.86. The number of nitrogens with one attached hydrogen (secondary N) is 1. The minimum absolute atomic E-state index is 0.277. The first-order chi connectivity index (χ1) is 12.0. The maximum Gasteiger partial charge on any atom is 0.412 e. The van der Waals surface area contributed by atoms with Crippen molar-refractivity contribution in [1.82, 2.24) is 4.90 Å². The van der Waals surface area contributed by atoms with E-state index in [1.807, 2.05) is 32.0 Å². The van der Waals surface area contributed by atoms with Gasteiger partial charge in [0.15, 0.2) is 0 Å². The molecule has 0 bridgehead atoms. The summed E-state index contributed by atoms with van der Waals surface area (Å²) in [7, 11) is 0. The Morgan fingerprint density at radius 2 is 1.80 bits per heavy atom. The van der Waals surface area contributed by atoms with Crippen molar-refractivity contribution in [3.8, 4) is 0 Å². The number of carbonyl (C=O) groups is 1. The molecule has 1 aromatic carbocycles. The van der Waals surface area contributed by atoms with E-state index in [2.05, 4.69) is 31.0 Å². The quantitative estimate of drug-likeness (QED) is 0.602. The smallest absolute Gasteiger partial charge is 0.412 e. The largest absolute Gasteiger partial charge is 0.442 e. The fourth-order valence-corrected chi connectivity index (χ4v) is 2.65. The van der Waals surface area contributed by atoms with Gasteiger partial charge in [0.05, 0.1) is 6.61 Å². The number of likely N-dealkylation sites (N-methyl/N-ethyl adjacent to an activating group) is 1. The van der Waals surface area contributed by atoms with Crippen molar-refractivity contribution >= 4 is 11.8 Å². The molecular weight excluding hydrogens is 316 g/mol. The number of nitrogens with zero attached hydrogens (tertiary/aromatic N) is 1. The number of para-hydroxylation sites is 1. The first-order valence-electron chi connectivity index (χ1n) is 9.35. The molecule has 0 aliphatic rings. The van der Waals surface area contributed by atoms with Gasteiger partial charge in [-0.2, -0.15) is 0 Å². The van der Waals surface area contributed by atoms with E-state index in [0.717, 1.165) is 42.7 Å². The molecule has 1 aromatic rings. The van der Waals surface area contributed by atoms with E-state index in [-0.39, 0.29) is 6.10 Å². The van der Waals surface area contributed by atoms with Gasteiger partial charge in [0.1, 0.15) is 6.10 Å². The van der Waals surface area contributed by atoms with Crippen LogP contribution in [0.15, 0.2) is 18.2 Å². The van der Waals surface area contributed by atoms with Crippen LogP contribution in [0.3, 0.4) is 0 Å². The number of carbonyl (C=O) groups excluding carboxylic acids is 1. The average molecular weight is 351 g/mol. The highest BCUT2D eigenvalue weighted by Gasteiger charge is 2.18. The van der Waals surface area contributed by atoms with Crippen molar-refractivity contribution in [2.45, 2.75) is 53.6 Å². The molecule has 5 heteroatoms. The summed E-state index contributed by atoms with van der Waals surface area (Å²) in [5.41, 5.74) is 2.87. The van der Waals surface area contributed by atoms with Gasteiger partial charge in [-0.05, 0) is 44.5 Å². The van der Waals surface area contributed by atoms with Crippen molar-refractivity contribution in [3.05, 3.63) is 29.3 Å². The topological polar surface area (TPSA) is 50.8 Å². The molecule has 0 spiro atoms. The zero-order valence-electron chi connectivity index (χ0n) is 16.4. The molecule has 142 valence electrons. The van der Waals surface area contributed by atoms with Gasteiger partial charge in [0.25, 0.3) is 0 Å². The normalized spacial score (nSPS) is 12.2. The maximum atomic E-state index is 12.4. The summed E-state index contributed by atoms with van der Waals surface area (Å²) in [6.45, 7) is 13.9. The molecule has 1 unspecified atom stereocenters. The first kappa shape index (κ1) is 21.5. The molecule has 1 N–H and O–H groups in total. The van der Waals surface area contributed by atoms with Crippen molar-refractivity contribution in [2.75, 3.05) is 38.2 Å². The predicted octanol–water partition coefficient (Wildman–Crippen LogP) is 4.38. The average Bonchev–Trinajstić information content (AvgIpc) is 2.59. The second-order valence-corrected chi connectivity index (χ2v) is 6.33. The van der Waals surface area contributed by atoms with Crippen molar-refractivity contribution in [3.63, 3.8) is 0 Å². The standard InChI is InChI=1S/C20H34N2O3/c1-6-9-13-24-15-18(14-22(7-2)8-3)25-20(23)21-19-16(4)11-10-12-17(19)5/h10-12,18H,6-9,13-15H2,1-5H3,(H,21,23). The third kappa shape index (κ3) is 7.88. The molecule has 5 nitrogen and oxygen atoms in total. The van der Waals surface area contributed by atoms with E-state index in [9.17, 15) is 4.79 Å². The second kappa shape index (κ2) is 11.9. The van der Waals surface area contributed by atoms with E-state index in [1.165, 1.54) is 0 Å². The summed E-state index contributed by atoms with van der Waals surface area (Å²) in [6.07, 6.45) is 1.41. The molecule has 1 rings (SSSR count). The van der Waals surface area contributed by atoms with Gasteiger partial charge in [-0.3, -0.25) is 5.32 Å². The number of hydrogen-bond donors (Lipinski definition) is 1. The molecule has 1 amide bonds. The number of aryl methyl sites for hydroxylation is 2. The Balaban J connectivity index is 2.65. The number of hydrogen-bond acceptors (Lipinski definition) is 4. The van der Waals surface area contributed by atoms with Crippen molar-refractivity contribution in [1.29, 1.82) is 0 Å². The molecule has 0 aliphatic carbocycles. The minimum atomic E-state index is -0.423. The lowest BCUT2D eigenvalue weighted by Crippen LogP contribution is -2.38. The van der Waals surface area contributed by atoms with Crippen molar-refractivity contribution in [2.24, 2.45) is 0 Å². The summed E-state index contributed by atoms with van der Waals surface area (Å²) in [6, 6.07) is 5.93. The number of unbranched alkanes of at least 4 members (excludes halogenated alkanes) is 1. The zero-order valence-corrected chi connectivity index (χ0v) is 16.4. The summed E-state index contributed by atoms with van der Waals surface area (Å²) < 4.78 is 11.4. The Kier molecular flexibility index (Phi) is 10.2. The summed E-state index contributed by atoms with van der Waals surface area (Å²) in [5.74, 6) is 0. The SMILES string of the molecule is CCCCOCC(CN(CC)CC)OC(=O)Nc1c(C)cccc1C. The first-order valence-corrected chi connectivity index (χ1v) is 9.35. The van der Waals surface area contributed by atoms with Gasteiger partial charge in [0.2, 0.25) is 0 Å². The van der Waals surface area contributed by atoms with E-state index in [1.54, 1.807) is 0 Å². The van der Waals surface area contributed by atoms with E-state index >= 15 is 0 Å². The predicted molar refractivity (Wildman–Crippen MR) is 103 cm³/mol. The Labute approximate surface area is 152 Å². The van der Waals surface area contributed by atoms with Crippen LogP contribution in [0.1, 0.15) is 44.7 Å². The Hall–Kier alpha value is -1.59. The minimum Gasteiger partial charge on any atom is -0.442 e. The number of ether oxygens (including phenoxy) is 2. The van der Waals surface area contributed by atoms with Crippen LogP contribution in [0, 0.1) is 13.8 Å². The molecular formula is C20H34N2O3. The lowest BCUT2D eigenvalue weighted by atomic mass is 10.1. The van der Waals surface area contributed by atoms with Crippen LogP contribution in [-0.4, -0.2) is 49.9 Å². The third-order valence-electron chi connectivity index (χ3n) is 4.28. The van der Waals surface area contributed by atoms with Crippen LogP contribution in [0.5, 0.6) is 0 Å². The Morgan fingerprint density at radius 1 is 1.16 bits per heavy atom. The number of amides is 1. The second-order valence-electron chi connectivity index (χ2n) is 6.33. The summed E-state index contributed by atoms with van der Waals surface area (Å²) in [5, 5.41) is 2.88. The molecule has 0 radical (unpaired) electrons. The van der Waals surface area contributed by atoms with Gasteiger partial charge < -0.3 is 14.4 Å². The van der Waals surface area contributed by atoms with Gasteiger partial charge in [-0.1, -0.05) is 45.4 Å². The van der Waals surface area contributed by atoms with E-state index < -0.39 is 6.09 Å². The van der Waals surface area contributed by atoms with Gasteiger partial charge in [-0.25, -0.2) is 4.79 Å². The Morgan fingerprint density at radius 3 is 2.36 bits per heavy atom. The number of benzene rings is 1. The lowest BCUT2D eigenvalue weighted by molar-refractivity contribution is 0.00805. The fourth-order valence-electron chi connectivity index (χ4n) is 2.65. The highest BCUT2D eigenvalue weighted by Crippen LogP contribution is 2.19. The number of rotatable bonds is 11. The van der Waals surface area contributed by atoms with E-state index in [4.69, 9.17) is 9.47 Å². The molecule has 25 heavy (non-hydrogen) atoms. The Bertz CT molecular complexity index is 495. The lowest BCUT2D eigenvalue weighted by Gasteiger charge is -2.25. The molecule has 0 aliphatic heterocycles. The van der Waals surface area contributed by atoms with Crippen LogP contribution in [0.2, 0.25) is 0 Å². The molecule has 1 atom stereocenters. The highest BCUT2D eigenvalue weighted by atomic mass is 16.6. The van der Waals surface area contributed by atoms with Crippen LogP contribution in [0.25, 0.3) is 0 Å². The maximum absolute atomic E-state index is 12.4. The van der Waals surface area contributed by atoms with Crippen LogP contribution < -0.4 is 5.32 Å². The van der Waals surface area contributed by atoms with Crippen LogP contribution in [0.4, 0.5) is 10.5 Å². The molecule has 0 heterocycles.